The number of nitrogens with zero attached hydrogens (tertiary/aromatic N) is 3. The Morgan fingerprint density at radius 3 is 3.03 bits per heavy atom. The highest BCUT2D eigenvalue weighted by atomic mass is 35.5. The fourth-order valence-corrected chi connectivity index (χ4v) is 4.40. The van der Waals surface area contributed by atoms with Crippen LogP contribution < -0.4 is 10.6 Å². The van der Waals surface area contributed by atoms with Crippen molar-refractivity contribution in [2.75, 3.05) is 11.9 Å². The number of H-pyrrole nitrogens is 1. The normalized spacial score (nSPS) is 17.8. The summed E-state index contributed by atoms with van der Waals surface area (Å²) in [6, 6.07) is 8.68. The fourth-order valence-electron chi connectivity index (χ4n) is 4.40. The second-order valence-electron chi connectivity index (χ2n) is 7.64. The van der Waals surface area contributed by atoms with Crippen LogP contribution in [-0.4, -0.2) is 32.4 Å². The van der Waals surface area contributed by atoms with Gasteiger partial charge in [-0.15, -0.1) is 12.4 Å². The lowest BCUT2D eigenvalue weighted by Gasteiger charge is -2.27. The summed E-state index contributed by atoms with van der Waals surface area (Å²) in [6.07, 6.45) is 5.93. The Morgan fingerprint density at radius 2 is 2.14 bits per heavy atom. The number of aryl methyl sites for hydroxylation is 2. The largest absolute Gasteiger partial charge is 0.312 e. The van der Waals surface area contributed by atoms with Crippen molar-refractivity contribution >= 4 is 24.1 Å². The maximum atomic E-state index is 13.0. The van der Waals surface area contributed by atoms with Gasteiger partial charge in [0.1, 0.15) is 5.82 Å². The molecule has 8 heteroatoms. The molecule has 1 aromatic carbocycles. The van der Waals surface area contributed by atoms with E-state index >= 15 is 0 Å². The smallest absolute Gasteiger partial charge is 0.277 e. The molecule has 0 saturated heterocycles. The van der Waals surface area contributed by atoms with Crippen LogP contribution in [0.25, 0.3) is 0 Å². The minimum atomic E-state index is -0.185. The van der Waals surface area contributed by atoms with Gasteiger partial charge in [-0.3, -0.25) is 9.89 Å². The first-order valence-corrected chi connectivity index (χ1v) is 9.92. The molecule has 3 heterocycles. The molecular weight excluding hydrogens is 388 g/mol. The summed E-state index contributed by atoms with van der Waals surface area (Å²) in [5.74, 6) is 0.572. The zero-order valence-corrected chi connectivity index (χ0v) is 17.2. The van der Waals surface area contributed by atoms with Crippen molar-refractivity contribution in [1.29, 1.82) is 0 Å². The van der Waals surface area contributed by atoms with Crippen LogP contribution in [0, 0.1) is 6.92 Å². The number of hydrogen-bond acceptors (Lipinski definition) is 4. The Labute approximate surface area is 175 Å². The minimum Gasteiger partial charge on any atom is -0.312 e. The Balaban J connectivity index is 0.00000205. The molecule has 1 aliphatic carbocycles. The molecule has 0 spiro atoms. The number of aromatic nitrogens is 4. The molecule has 0 radical (unpaired) electrons. The number of nitrogens with one attached hydrogen (secondary N) is 3. The van der Waals surface area contributed by atoms with Crippen LogP contribution in [0.2, 0.25) is 0 Å². The zero-order chi connectivity index (χ0) is 19.1. The van der Waals surface area contributed by atoms with Gasteiger partial charge in [-0.05, 0) is 37.3 Å². The molecular formula is C21H25ClN6O. The molecule has 29 heavy (non-hydrogen) atoms. The number of rotatable bonds is 3. The lowest BCUT2D eigenvalue weighted by atomic mass is 9.88. The predicted molar refractivity (Wildman–Crippen MR) is 114 cm³/mol. The number of amides is 1. The topological polar surface area (TPSA) is 87.6 Å². The van der Waals surface area contributed by atoms with Crippen molar-refractivity contribution in [3.8, 4) is 0 Å². The summed E-state index contributed by atoms with van der Waals surface area (Å²) >= 11 is 0. The Bertz CT molecular complexity index is 1040. The fraction of sp³-hybridized carbons (Fsp3) is 0.381. The molecule has 1 atom stereocenters. The molecule has 0 saturated carbocycles. The van der Waals surface area contributed by atoms with Crippen molar-refractivity contribution in [3.63, 3.8) is 0 Å². The molecule has 0 fully saturated rings. The van der Waals surface area contributed by atoms with Gasteiger partial charge in [0.25, 0.3) is 5.91 Å². The van der Waals surface area contributed by atoms with Gasteiger partial charge in [0.05, 0.1) is 12.2 Å². The van der Waals surface area contributed by atoms with Crippen LogP contribution in [0.4, 0.5) is 5.82 Å². The second-order valence-corrected chi connectivity index (χ2v) is 7.64. The number of halogens is 1. The number of carbonyl (C=O) groups excluding carboxylic acids is 1. The lowest BCUT2D eigenvalue weighted by Crippen LogP contribution is -2.26. The summed E-state index contributed by atoms with van der Waals surface area (Å²) in [5.41, 5.74) is 6.12. The average Bonchev–Trinajstić information content (AvgIpc) is 3.32. The predicted octanol–water partition coefficient (Wildman–Crippen LogP) is 3.16. The molecule has 0 bridgehead atoms. The van der Waals surface area contributed by atoms with E-state index in [0.717, 1.165) is 54.9 Å². The van der Waals surface area contributed by atoms with Crippen molar-refractivity contribution in [3.05, 3.63) is 64.1 Å². The van der Waals surface area contributed by atoms with Crippen molar-refractivity contribution in [2.24, 2.45) is 0 Å². The molecule has 5 rings (SSSR count). The number of fused-ring (bicyclic) bond motifs is 2. The molecule has 1 unspecified atom stereocenters. The van der Waals surface area contributed by atoms with Crippen LogP contribution in [0.15, 0.2) is 30.5 Å². The van der Waals surface area contributed by atoms with Crippen molar-refractivity contribution in [1.82, 2.24) is 25.3 Å². The maximum Gasteiger partial charge on any atom is 0.277 e. The summed E-state index contributed by atoms with van der Waals surface area (Å²) in [7, 11) is 0. The monoisotopic (exact) mass is 412 g/mol. The summed E-state index contributed by atoms with van der Waals surface area (Å²) in [5, 5.41) is 18.3. The van der Waals surface area contributed by atoms with Gasteiger partial charge in [-0.2, -0.15) is 10.2 Å². The standard InChI is InChI=1S/C21H24N6O.ClH/c1-13-11-23-27(18-8-4-6-14-5-2-3-7-15(14)18)20(13)24-21(28)19-16-12-22-10-9-17(16)25-26-19;/h2-3,5,7,11,18,22H,4,6,8-10,12H2,1H3,(H,24,28)(H,25,26);1H. The molecule has 152 valence electrons. The number of benzene rings is 1. The molecule has 7 nitrogen and oxygen atoms in total. The van der Waals surface area contributed by atoms with E-state index < -0.39 is 0 Å². The third kappa shape index (κ3) is 3.45. The number of carbonyl (C=O) groups is 1. The Morgan fingerprint density at radius 1 is 1.28 bits per heavy atom. The minimum absolute atomic E-state index is 0. The first kappa shape index (κ1) is 19.7. The van der Waals surface area contributed by atoms with E-state index in [1.54, 1.807) is 0 Å². The number of anilines is 1. The van der Waals surface area contributed by atoms with Gasteiger partial charge in [0.15, 0.2) is 5.69 Å². The highest BCUT2D eigenvalue weighted by Gasteiger charge is 2.27. The second kappa shape index (κ2) is 8.00. The van der Waals surface area contributed by atoms with E-state index in [4.69, 9.17) is 0 Å². The number of hydrogen-bond donors (Lipinski definition) is 3. The number of aromatic amines is 1. The van der Waals surface area contributed by atoms with Gasteiger partial charge < -0.3 is 10.6 Å². The Hall–Kier alpha value is -2.64. The van der Waals surface area contributed by atoms with Gasteiger partial charge >= 0.3 is 0 Å². The summed E-state index contributed by atoms with van der Waals surface area (Å²) < 4.78 is 1.97. The molecule has 1 aliphatic heterocycles. The SMILES string of the molecule is Cc1cnn(C2CCCc3ccccc32)c1NC(=O)c1n[nH]c2c1CNCC2.Cl. The lowest BCUT2D eigenvalue weighted by molar-refractivity contribution is 0.102. The maximum absolute atomic E-state index is 13.0. The highest BCUT2D eigenvalue weighted by Crippen LogP contribution is 2.35. The van der Waals surface area contributed by atoms with Crippen LogP contribution >= 0.6 is 12.4 Å². The molecule has 1 amide bonds. The van der Waals surface area contributed by atoms with Gasteiger partial charge in [0, 0.05) is 36.3 Å². The molecule has 3 aromatic rings. The summed E-state index contributed by atoms with van der Waals surface area (Å²) in [4.78, 5) is 13.0. The first-order valence-electron chi connectivity index (χ1n) is 9.92. The zero-order valence-electron chi connectivity index (χ0n) is 16.4. The quantitative estimate of drug-likeness (QED) is 0.616. The van der Waals surface area contributed by atoms with E-state index in [2.05, 4.69) is 50.2 Å². The average molecular weight is 413 g/mol. The first-order chi connectivity index (χ1) is 13.7. The van der Waals surface area contributed by atoms with E-state index in [1.807, 2.05) is 17.8 Å². The van der Waals surface area contributed by atoms with E-state index in [1.165, 1.54) is 11.1 Å². The van der Waals surface area contributed by atoms with Crippen LogP contribution in [0.1, 0.15) is 57.3 Å². The van der Waals surface area contributed by atoms with E-state index in [0.29, 0.717) is 12.2 Å². The molecule has 3 N–H and O–H groups in total. The van der Waals surface area contributed by atoms with Crippen LogP contribution in [0.3, 0.4) is 0 Å². The van der Waals surface area contributed by atoms with Gasteiger partial charge in [0.2, 0.25) is 0 Å². The van der Waals surface area contributed by atoms with Crippen molar-refractivity contribution < 1.29 is 4.79 Å². The summed E-state index contributed by atoms with van der Waals surface area (Å²) in [6.45, 7) is 3.56. The van der Waals surface area contributed by atoms with Crippen LogP contribution in [-0.2, 0) is 19.4 Å². The van der Waals surface area contributed by atoms with E-state index in [9.17, 15) is 4.79 Å². The molecule has 2 aromatic heterocycles. The third-order valence-electron chi connectivity index (χ3n) is 5.86. The Kier molecular flexibility index (Phi) is 5.43. The van der Waals surface area contributed by atoms with E-state index in [-0.39, 0.29) is 24.4 Å². The third-order valence-corrected chi connectivity index (χ3v) is 5.86. The van der Waals surface area contributed by atoms with Gasteiger partial charge in [-0.1, -0.05) is 24.3 Å². The van der Waals surface area contributed by atoms with Crippen LogP contribution in [0.5, 0.6) is 0 Å². The molecule has 2 aliphatic rings. The van der Waals surface area contributed by atoms with Gasteiger partial charge in [-0.25, -0.2) is 4.68 Å². The highest BCUT2D eigenvalue weighted by molar-refractivity contribution is 6.04. The van der Waals surface area contributed by atoms with Crippen molar-refractivity contribution in [2.45, 2.75) is 45.2 Å².